The molecular formula is C34H24F12O2S. The van der Waals surface area contributed by atoms with Gasteiger partial charge >= 0.3 is 24.7 Å². The minimum absolute atomic E-state index is 0.0134. The second kappa shape index (κ2) is 11.1. The van der Waals surface area contributed by atoms with E-state index in [0.29, 0.717) is 45.1 Å². The van der Waals surface area contributed by atoms with Crippen molar-refractivity contribution in [2.75, 3.05) is 0 Å². The van der Waals surface area contributed by atoms with Gasteiger partial charge in [-0.15, -0.1) is 11.3 Å². The predicted octanol–water partition coefficient (Wildman–Crippen LogP) is 11.6. The molecule has 6 atom stereocenters. The predicted molar refractivity (Wildman–Crippen MR) is 152 cm³/mol. The molecule has 15 heteroatoms. The van der Waals surface area contributed by atoms with Gasteiger partial charge in [0, 0.05) is 11.8 Å². The van der Waals surface area contributed by atoms with E-state index in [4.69, 9.17) is 0 Å². The maximum Gasteiger partial charge on any atom is 0.416 e. The Kier molecular flexibility index (Phi) is 7.70. The zero-order valence-electron chi connectivity index (χ0n) is 24.9. The van der Waals surface area contributed by atoms with E-state index in [0.717, 1.165) is 11.3 Å². The van der Waals surface area contributed by atoms with Crippen molar-refractivity contribution in [3.63, 3.8) is 0 Å². The minimum atomic E-state index is -5.02. The van der Waals surface area contributed by atoms with E-state index in [2.05, 4.69) is 0 Å². The lowest BCUT2D eigenvalue weighted by Gasteiger charge is -2.35. The molecular weight excluding hydrogens is 700 g/mol. The Balaban J connectivity index is 1.15. The number of hydrogen-bond donors (Lipinski definition) is 0. The lowest BCUT2D eigenvalue weighted by atomic mass is 9.68. The molecule has 0 amide bonds. The molecule has 0 saturated heterocycles. The van der Waals surface area contributed by atoms with Gasteiger partial charge < -0.3 is 0 Å². The highest BCUT2D eigenvalue weighted by molar-refractivity contribution is 7.16. The summed E-state index contributed by atoms with van der Waals surface area (Å²) in [5, 5.41) is 0. The third-order valence-corrected chi connectivity index (χ3v) is 12.0. The number of ketones is 2. The Hall–Kier alpha value is -3.36. The first-order valence-electron chi connectivity index (χ1n) is 15.5. The number of halogens is 12. The van der Waals surface area contributed by atoms with Crippen LogP contribution in [0.4, 0.5) is 52.7 Å². The molecule has 7 rings (SSSR count). The summed E-state index contributed by atoms with van der Waals surface area (Å²) in [6.07, 6.45) is -19.1. The number of carbonyl (C=O) groups excluding carboxylic acids is 2. The highest BCUT2D eigenvalue weighted by atomic mass is 32.1. The average Bonchev–Trinajstić information content (AvgIpc) is 3.62. The molecule has 4 aliphatic rings. The summed E-state index contributed by atoms with van der Waals surface area (Å²) in [6.45, 7) is 0. The fourth-order valence-electron chi connectivity index (χ4n) is 8.54. The van der Waals surface area contributed by atoms with Gasteiger partial charge in [-0.05, 0) is 121 Å². The number of carbonyl (C=O) groups is 2. The third kappa shape index (κ3) is 5.77. The monoisotopic (exact) mass is 724 g/mol. The van der Waals surface area contributed by atoms with Crippen LogP contribution in [0.1, 0.15) is 126 Å². The number of thiophene rings is 1. The lowest BCUT2D eigenvalue weighted by molar-refractivity contribution is -0.144. The summed E-state index contributed by atoms with van der Waals surface area (Å²) in [7, 11) is 0. The lowest BCUT2D eigenvalue weighted by Crippen LogP contribution is -2.25. The number of benzene rings is 2. The summed E-state index contributed by atoms with van der Waals surface area (Å²) < 4.78 is 162. The van der Waals surface area contributed by atoms with Gasteiger partial charge in [-0.1, -0.05) is 0 Å². The van der Waals surface area contributed by atoms with Crippen molar-refractivity contribution in [1.82, 2.24) is 0 Å². The number of hydrogen-bond acceptors (Lipinski definition) is 3. The Morgan fingerprint density at radius 2 is 0.755 bits per heavy atom. The Morgan fingerprint density at radius 3 is 1.04 bits per heavy atom. The fraction of sp³-hybridized carbons (Fsp3) is 0.471. The maximum atomic E-state index is 13.7. The van der Waals surface area contributed by atoms with Crippen LogP contribution in [0.25, 0.3) is 0 Å². The van der Waals surface area contributed by atoms with E-state index in [1.54, 1.807) is 0 Å². The molecule has 262 valence electrons. The summed E-state index contributed by atoms with van der Waals surface area (Å²) in [6, 6.07) is 2.88. The average molecular weight is 725 g/mol. The van der Waals surface area contributed by atoms with E-state index in [1.807, 2.05) is 0 Å². The number of alkyl halides is 12. The standard InChI is InChI=1S/C34H24F12O2S/c35-31(36,37)17-5-15(6-18(11-17)32(38,39)40)13-1-3-21-23(9-13)27(47)29-25(21)26-22-4-2-14(10-24(22)28(48)30(26)49-29)16-7-19(33(41,42)43)12-20(8-16)34(44,45)46/h5-8,11-14,21-24H,1-4,9-10H2. The van der Waals surface area contributed by atoms with Crippen LogP contribution < -0.4 is 0 Å². The van der Waals surface area contributed by atoms with E-state index in [-0.39, 0.29) is 73.4 Å². The van der Waals surface area contributed by atoms with Crippen LogP contribution in [0, 0.1) is 11.8 Å². The molecule has 4 aliphatic carbocycles. The van der Waals surface area contributed by atoms with Gasteiger partial charge in [0.2, 0.25) is 0 Å². The van der Waals surface area contributed by atoms with Gasteiger partial charge in [-0.3, -0.25) is 9.59 Å². The van der Waals surface area contributed by atoms with Gasteiger partial charge in [0.1, 0.15) is 0 Å². The Labute approximate surface area is 274 Å². The summed E-state index contributed by atoms with van der Waals surface area (Å²) in [5.41, 5.74) is -4.75. The van der Waals surface area contributed by atoms with Crippen LogP contribution >= 0.6 is 11.3 Å². The second-order valence-electron chi connectivity index (χ2n) is 13.4. The smallest absolute Gasteiger partial charge is 0.293 e. The van der Waals surface area contributed by atoms with Crippen molar-refractivity contribution in [2.45, 2.75) is 86.9 Å². The SMILES string of the molecule is O=C1c2sc3c(c2C2CCC(c4cc(C(F)(F)F)cc(C(F)(F)F)c4)CC12)C1CCC(c2cc(C(F)(F)F)cc(C(F)(F)F)c2)CC1C3=O. The Bertz CT molecular complexity index is 1670. The third-order valence-electron chi connectivity index (χ3n) is 10.7. The number of fused-ring (bicyclic) bond motifs is 7. The van der Waals surface area contributed by atoms with E-state index in [9.17, 15) is 62.3 Å². The molecule has 1 heterocycles. The van der Waals surface area contributed by atoms with Crippen LogP contribution in [-0.2, 0) is 24.7 Å². The molecule has 2 saturated carbocycles. The first-order chi connectivity index (χ1) is 22.6. The van der Waals surface area contributed by atoms with E-state index in [1.165, 1.54) is 0 Å². The molecule has 2 fully saturated rings. The highest BCUT2D eigenvalue weighted by Crippen LogP contribution is 2.61. The molecule has 2 aromatic carbocycles. The Morgan fingerprint density at radius 1 is 0.449 bits per heavy atom. The molecule has 1 aromatic heterocycles. The molecule has 0 spiro atoms. The normalized spacial score (nSPS) is 27.2. The summed E-state index contributed by atoms with van der Waals surface area (Å²) >= 11 is 0.983. The van der Waals surface area contributed by atoms with Crippen LogP contribution in [0.15, 0.2) is 36.4 Å². The molecule has 2 nitrogen and oxygen atoms in total. The van der Waals surface area contributed by atoms with E-state index >= 15 is 0 Å². The van der Waals surface area contributed by atoms with Crippen molar-refractivity contribution < 1.29 is 62.3 Å². The summed E-state index contributed by atoms with van der Waals surface area (Å²) in [4.78, 5) is 28.0. The fourth-order valence-corrected chi connectivity index (χ4v) is 9.99. The second-order valence-corrected chi connectivity index (χ2v) is 14.5. The van der Waals surface area contributed by atoms with Gasteiger partial charge in [-0.25, -0.2) is 0 Å². The maximum absolute atomic E-state index is 13.7. The van der Waals surface area contributed by atoms with Crippen LogP contribution in [0.5, 0.6) is 0 Å². The first-order valence-corrected chi connectivity index (χ1v) is 16.3. The van der Waals surface area contributed by atoms with Gasteiger partial charge in [-0.2, -0.15) is 52.7 Å². The highest BCUT2D eigenvalue weighted by Gasteiger charge is 2.54. The molecule has 0 bridgehead atoms. The van der Waals surface area contributed by atoms with Crippen molar-refractivity contribution >= 4 is 22.9 Å². The molecule has 49 heavy (non-hydrogen) atoms. The summed E-state index contributed by atoms with van der Waals surface area (Å²) in [5.74, 6) is -4.41. The van der Waals surface area contributed by atoms with Crippen molar-refractivity contribution in [1.29, 1.82) is 0 Å². The zero-order chi connectivity index (χ0) is 35.6. The van der Waals surface area contributed by atoms with Gasteiger partial charge in [0.05, 0.1) is 32.0 Å². The molecule has 0 N–H and O–H groups in total. The molecule has 6 unspecified atom stereocenters. The van der Waals surface area contributed by atoms with Crippen molar-refractivity contribution in [3.8, 4) is 0 Å². The number of rotatable bonds is 2. The van der Waals surface area contributed by atoms with Crippen LogP contribution in [-0.4, -0.2) is 11.6 Å². The quantitative estimate of drug-likeness (QED) is 0.247. The topological polar surface area (TPSA) is 34.1 Å². The number of Topliss-reactive ketones (excluding diaryl/α,β-unsaturated/α-hetero) is 2. The van der Waals surface area contributed by atoms with Crippen LogP contribution in [0.3, 0.4) is 0 Å². The van der Waals surface area contributed by atoms with Crippen LogP contribution in [0.2, 0.25) is 0 Å². The van der Waals surface area contributed by atoms with Crippen molar-refractivity contribution in [3.05, 3.63) is 90.7 Å². The zero-order valence-corrected chi connectivity index (χ0v) is 25.7. The molecule has 3 aromatic rings. The van der Waals surface area contributed by atoms with Gasteiger partial charge in [0.25, 0.3) is 0 Å². The van der Waals surface area contributed by atoms with E-state index < -0.39 is 82.5 Å². The largest absolute Gasteiger partial charge is 0.416 e. The van der Waals surface area contributed by atoms with Crippen molar-refractivity contribution in [2.24, 2.45) is 11.8 Å². The van der Waals surface area contributed by atoms with Gasteiger partial charge in [0.15, 0.2) is 11.6 Å². The molecule has 0 aliphatic heterocycles. The molecule has 0 radical (unpaired) electrons. The minimum Gasteiger partial charge on any atom is -0.293 e. The first kappa shape index (κ1) is 34.1.